The van der Waals surface area contributed by atoms with Gasteiger partial charge in [0.2, 0.25) is 0 Å². The molecule has 3 amide bonds. The number of benzene rings is 2. The highest BCUT2D eigenvalue weighted by atomic mass is 79.9. The third-order valence-electron chi connectivity index (χ3n) is 7.13. The van der Waals surface area contributed by atoms with Gasteiger partial charge in [0.25, 0.3) is 17.7 Å². The topological polar surface area (TPSA) is 74.8 Å². The second-order valence-electron chi connectivity index (χ2n) is 9.03. The van der Waals surface area contributed by atoms with E-state index in [1.54, 1.807) is 0 Å². The van der Waals surface area contributed by atoms with Crippen LogP contribution in [0.15, 0.2) is 36.4 Å². The molecule has 188 valence electrons. The van der Waals surface area contributed by atoms with Crippen molar-refractivity contribution in [3.8, 4) is 0 Å². The highest BCUT2D eigenvalue weighted by Gasteiger charge is 2.67. The molecular weight excluding hydrogens is 682 g/mol. The number of hydrogen-bond acceptors (Lipinski definition) is 4. The van der Waals surface area contributed by atoms with Gasteiger partial charge in [0.15, 0.2) is 5.78 Å². The number of ketones is 1. The molecule has 2 bridgehead atoms. The van der Waals surface area contributed by atoms with E-state index in [0.717, 1.165) is 16.4 Å². The van der Waals surface area contributed by atoms with Crippen molar-refractivity contribution in [3.05, 3.63) is 67.6 Å². The van der Waals surface area contributed by atoms with Gasteiger partial charge in [-0.1, -0.05) is 78.3 Å². The van der Waals surface area contributed by atoms with Crippen LogP contribution in [-0.2, 0) is 9.59 Å². The largest absolute Gasteiger partial charge is 0.292 e. The molecule has 0 aromatic heterocycles. The first kappa shape index (κ1) is 26.4. The Bertz CT molecular complexity index is 1290. The van der Waals surface area contributed by atoms with Gasteiger partial charge < -0.3 is 0 Å². The van der Waals surface area contributed by atoms with Gasteiger partial charge in [-0.05, 0) is 54.7 Å². The maximum Gasteiger partial charge on any atom is 0.273 e. The van der Waals surface area contributed by atoms with Gasteiger partial charge in [0.05, 0.1) is 26.9 Å². The summed E-state index contributed by atoms with van der Waals surface area (Å²) < 4.78 is 0. The predicted molar refractivity (Wildman–Crippen MR) is 144 cm³/mol. The molecule has 0 radical (unpaired) electrons. The maximum absolute atomic E-state index is 13.7. The van der Waals surface area contributed by atoms with E-state index >= 15 is 0 Å². The number of amides is 3. The summed E-state index contributed by atoms with van der Waals surface area (Å²) in [5.74, 6) is -3.56. The van der Waals surface area contributed by atoms with Crippen molar-refractivity contribution in [1.29, 1.82) is 0 Å². The lowest BCUT2D eigenvalue weighted by molar-refractivity contribution is -0.154. The molecule has 1 heterocycles. The van der Waals surface area contributed by atoms with Crippen molar-refractivity contribution in [2.75, 3.05) is 6.54 Å². The van der Waals surface area contributed by atoms with E-state index in [4.69, 9.17) is 46.4 Å². The number of alkyl halides is 2. The number of Topliss-reactive ketones (excluding diaryl/α,β-unsaturated/α-hetero) is 1. The summed E-state index contributed by atoms with van der Waals surface area (Å²) in [5.41, 5.74) is 0.171. The van der Waals surface area contributed by atoms with Crippen LogP contribution in [0.1, 0.15) is 27.1 Å². The van der Waals surface area contributed by atoms with E-state index in [-0.39, 0.29) is 47.7 Å². The van der Waals surface area contributed by atoms with Crippen LogP contribution in [0.25, 0.3) is 0 Å². The van der Waals surface area contributed by atoms with Crippen LogP contribution in [0.3, 0.4) is 0 Å². The van der Waals surface area contributed by atoms with E-state index in [9.17, 15) is 19.2 Å². The molecular formula is C24H16Br2Cl4N2O4. The average Bonchev–Trinajstić information content (AvgIpc) is 3.44. The Morgan fingerprint density at radius 2 is 1.47 bits per heavy atom. The molecule has 0 N–H and O–H groups in total. The zero-order valence-electron chi connectivity index (χ0n) is 18.1. The van der Waals surface area contributed by atoms with Crippen molar-refractivity contribution >= 4 is 102 Å². The first-order valence-corrected chi connectivity index (χ1v) is 14.3. The molecule has 6 atom stereocenters. The summed E-state index contributed by atoms with van der Waals surface area (Å²) >= 11 is 31.6. The van der Waals surface area contributed by atoms with Crippen LogP contribution in [0, 0.1) is 23.7 Å². The molecule has 6 nitrogen and oxygen atoms in total. The minimum Gasteiger partial charge on any atom is -0.292 e. The molecule has 2 aromatic rings. The predicted octanol–water partition coefficient (Wildman–Crippen LogP) is 6.32. The van der Waals surface area contributed by atoms with Crippen LogP contribution in [0.4, 0.5) is 0 Å². The van der Waals surface area contributed by atoms with Crippen LogP contribution >= 0.6 is 78.3 Å². The van der Waals surface area contributed by atoms with Gasteiger partial charge in [-0.15, -0.1) is 0 Å². The molecule has 5 rings (SSSR count). The van der Waals surface area contributed by atoms with E-state index in [1.165, 1.54) is 36.4 Å². The first-order chi connectivity index (χ1) is 17.0. The summed E-state index contributed by atoms with van der Waals surface area (Å²) in [6.07, 6.45) is 0.729. The Morgan fingerprint density at radius 1 is 0.861 bits per heavy atom. The number of rotatable bonds is 5. The first-order valence-electron chi connectivity index (χ1n) is 10.9. The lowest BCUT2D eigenvalue weighted by Gasteiger charge is -2.31. The number of hydrogen-bond donors (Lipinski definition) is 0. The standard InChI is InChI=1S/C24H16Br2Cl4N2O4/c25-20-12-7-13(21(20)26)19-18(12)23(35)32(24(19)36)31(22(34)9-1-4-14(28)16(30)5-9)8-17(33)11-3-2-10(27)6-15(11)29/h1-6,12-13,18-21H,7-8H2/t12-,13-,18-,19-,20+,21+/m1/s1. The number of halogens is 6. The summed E-state index contributed by atoms with van der Waals surface area (Å²) in [6, 6.07) is 8.51. The van der Waals surface area contributed by atoms with E-state index in [1.807, 2.05) is 0 Å². The molecule has 2 aliphatic carbocycles. The van der Waals surface area contributed by atoms with Crippen LogP contribution < -0.4 is 0 Å². The number of carbonyl (C=O) groups excluding carboxylic acids is 4. The highest BCUT2D eigenvalue weighted by molar-refractivity contribution is 9.12. The van der Waals surface area contributed by atoms with Gasteiger partial charge >= 0.3 is 0 Å². The summed E-state index contributed by atoms with van der Waals surface area (Å²) in [5, 5.41) is 2.51. The van der Waals surface area contributed by atoms with Gasteiger partial charge in [0, 0.05) is 25.8 Å². The number of fused-ring (bicyclic) bond motifs is 5. The molecule has 2 aromatic carbocycles. The van der Waals surface area contributed by atoms with Crippen molar-refractivity contribution in [3.63, 3.8) is 0 Å². The van der Waals surface area contributed by atoms with Crippen molar-refractivity contribution in [2.45, 2.75) is 16.1 Å². The fourth-order valence-corrected chi connectivity index (χ4v) is 8.20. The van der Waals surface area contributed by atoms with Gasteiger partial charge in [-0.25, -0.2) is 5.01 Å². The zero-order valence-corrected chi connectivity index (χ0v) is 24.3. The maximum atomic E-state index is 13.7. The van der Waals surface area contributed by atoms with E-state index in [0.29, 0.717) is 5.02 Å². The van der Waals surface area contributed by atoms with Crippen LogP contribution in [-0.4, -0.2) is 49.7 Å². The third kappa shape index (κ3) is 4.22. The minimum atomic E-state index is -0.744. The molecule has 1 saturated heterocycles. The Morgan fingerprint density at radius 3 is 2.03 bits per heavy atom. The fraction of sp³-hybridized carbons (Fsp3) is 0.333. The molecule has 36 heavy (non-hydrogen) atoms. The van der Waals surface area contributed by atoms with Crippen molar-refractivity contribution in [2.24, 2.45) is 23.7 Å². The zero-order chi connectivity index (χ0) is 26.0. The highest BCUT2D eigenvalue weighted by Crippen LogP contribution is 2.60. The number of hydrazine groups is 1. The molecule has 0 unspecified atom stereocenters. The van der Waals surface area contributed by atoms with Crippen molar-refractivity contribution in [1.82, 2.24) is 10.0 Å². The summed E-state index contributed by atoms with van der Waals surface area (Å²) in [4.78, 5) is 54.3. The molecule has 12 heteroatoms. The molecule has 3 aliphatic rings. The Labute approximate surface area is 243 Å². The Balaban J connectivity index is 1.53. The molecule has 1 aliphatic heterocycles. The number of nitrogens with zero attached hydrogens (tertiary/aromatic N) is 2. The average molecular weight is 698 g/mol. The lowest BCUT2D eigenvalue weighted by Crippen LogP contribution is -2.52. The quantitative estimate of drug-likeness (QED) is 0.208. The molecule has 0 spiro atoms. The van der Waals surface area contributed by atoms with Gasteiger partial charge in [-0.3, -0.25) is 19.2 Å². The van der Waals surface area contributed by atoms with Crippen LogP contribution in [0.5, 0.6) is 0 Å². The number of imide groups is 1. The van der Waals surface area contributed by atoms with E-state index in [2.05, 4.69) is 31.9 Å². The minimum absolute atomic E-state index is 0.0224. The van der Waals surface area contributed by atoms with Gasteiger partial charge in [-0.2, -0.15) is 5.01 Å². The fourth-order valence-electron chi connectivity index (χ4n) is 5.52. The Hall–Kier alpha value is -1.16. The van der Waals surface area contributed by atoms with Crippen molar-refractivity contribution < 1.29 is 19.2 Å². The second-order valence-corrected chi connectivity index (χ2v) is 12.8. The lowest BCUT2D eigenvalue weighted by atomic mass is 9.81. The summed E-state index contributed by atoms with van der Waals surface area (Å²) in [6.45, 7) is -0.595. The smallest absolute Gasteiger partial charge is 0.273 e. The monoisotopic (exact) mass is 694 g/mol. The SMILES string of the molecule is O=C(CN(C(=O)c1ccc(Cl)c(Cl)c1)N1C(=O)[C@@H]2[C@H]3C[C@@H]([C@H](Br)[C@H]3Br)[C@H]2C1=O)c1ccc(Cl)cc1Cl. The van der Waals surface area contributed by atoms with Crippen LogP contribution in [0.2, 0.25) is 20.1 Å². The summed E-state index contributed by atoms with van der Waals surface area (Å²) in [7, 11) is 0. The van der Waals surface area contributed by atoms with E-state index < -0.39 is 41.9 Å². The molecule has 3 fully saturated rings. The van der Waals surface area contributed by atoms with Gasteiger partial charge in [0.1, 0.15) is 6.54 Å². The normalized spacial score (nSPS) is 28.6. The molecule has 2 saturated carbocycles. The second kappa shape index (κ2) is 9.86. The number of carbonyl (C=O) groups is 4. The third-order valence-corrected chi connectivity index (χ3v) is 11.6. The Kier molecular flexibility index (Phi) is 7.24.